The fraction of sp³-hybridized carbons (Fsp3) is 0.108. The van der Waals surface area contributed by atoms with Gasteiger partial charge < -0.3 is 9.80 Å². The van der Waals surface area contributed by atoms with Gasteiger partial charge in [0.15, 0.2) is 0 Å². The number of hydrogen-bond acceptors (Lipinski definition) is 2. The molecule has 0 radical (unpaired) electrons. The molecule has 2 nitrogen and oxygen atoms in total. The Labute approximate surface area is 447 Å². The highest BCUT2D eigenvalue weighted by Crippen LogP contribution is 2.55. The van der Waals surface area contributed by atoms with Crippen molar-refractivity contribution in [1.82, 2.24) is 0 Å². The predicted molar refractivity (Wildman–Crippen MR) is 323 cm³/mol. The maximum absolute atomic E-state index is 2.54. The molecule has 0 saturated carbocycles. The second-order valence-corrected chi connectivity index (χ2v) is 22.0. The van der Waals surface area contributed by atoms with Crippen LogP contribution in [0.3, 0.4) is 0 Å². The van der Waals surface area contributed by atoms with Crippen molar-refractivity contribution in [2.45, 2.75) is 51.4 Å². The molecule has 11 aromatic rings. The van der Waals surface area contributed by atoms with Gasteiger partial charge >= 0.3 is 0 Å². The number of rotatable bonds is 9. The highest BCUT2D eigenvalue weighted by Gasteiger charge is 2.38. The van der Waals surface area contributed by atoms with Crippen molar-refractivity contribution in [3.05, 3.63) is 283 Å². The van der Waals surface area contributed by atoms with Gasteiger partial charge in [-0.15, -0.1) is 0 Å². The summed E-state index contributed by atoms with van der Waals surface area (Å²) in [6.45, 7) is 9.64. The third-order valence-electron chi connectivity index (χ3n) is 16.9. The molecule has 0 fully saturated rings. The summed E-state index contributed by atoms with van der Waals surface area (Å²) in [5.41, 5.74) is 24.7. The third kappa shape index (κ3) is 7.30. The van der Waals surface area contributed by atoms with E-state index in [2.05, 4.69) is 292 Å². The molecule has 3 aliphatic carbocycles. The molecule has 0 aromatic heterocycles. The Bertz CT molecular complexity index is 4070. The molecule has 0 amide bonds. The lowest BCUT2D eigenvalue weighted by molar-refractivity contribution is 0.660. The molecular formula is C74H58N2. The summed E-state index contributed by atoms with van der Waals surface area (Å²) in [5.74, 6) is 0. The van der Waals surface area contributed by atoms with Crippen LogP contribution >= 0.6 is 0 Å². The van der Waals surface area contributed by atoms with Crippen molar-refractivity contribution in [2.24, 2.45) is 0 Å². The summed E-state index contributed by atoms with van der Waals surface area (Å²) in [6, 6.07) is 88.5. The van der Waals surface area contributed by atoms with Crippen LogP contribution in [0.5, 0.6) is 0 Å². The summed E-state index contributed by atoms with van der Waals surface area (Å²) < 4.78 is 0. The molecule has 364 valence electrons. The van der Waals surface area contributed by atoms with Crippen LogP contribution in [-0.4, -0.2) is 0 Å². The van der Waals surface area contributed by atoms with Gasteiger partial charge in [0.05, 0.1) is 0 Å². The number of fused-ring (bicyclic) bond motifs is 8. The van der Waals surface area contributed by atoms with Gasteiger partial charge in [0, 0.05) is 45.0 Å². The molecule has 0 spiro atoms. The van der Waals surface area contributed by atoms with Gasteiger partial charge in [-0.3, -0.25) is 0 Å². The van der Waals surface area contributed by atoms with Gasteiger partial charge in [-0.2, -0.15) is 0 Å². The molecule has 3 aliphatic rings. The summed E-state index contributed by atoms with van der Waals surface area (Å²) >= 11 is 0. The Hall–Kier alpha value is -8.98. The first kappa shape index (κ1) is 45.6. The first-order valence-electron chi connectivity index (χ1n) is 27.0. The van der Waals surface area contributed by atoms with E-state index in [1.165, 1.54) is 99.4 Å². The quantitative estimate of drug-likeness (QED) is 0.133. The van der Waals surface area contributed by atoms with Crippen LogP contribution in [0.1, 0.15) is 68.4 Å². The van der Waals surface area contributed by atoms with Gasteiger partial charge in [-0.05, 0) is 203 Å². The first-order chi connectivity index (χ1) is 37.2. The highest BCUT2D eigenvalue weighted by atomic mass is 15.1. The number of nitrogens with zero attached hydrogens (tertiary/aromatic N) is 2. The van der Waals surface area contributed by atoms with E-state index in [1.54, 1.807) is 0 Å². The van der Waals surface area contributed by atoms with E-state index in [1.807, 2.05) is 0 Å². The molecule has 0 atom stereocenters. The van der Waals surface area contributed by atoms with Crippen molar-refractivity contribution in [2.75, 3.05) is 9.80 Å². The van der Waals surface area contributed by atoms with Crippen molar-refractivity contribution < 1.29 is 0 Å². The van der Waals surface area contributed by atoms with Gasteiger partial charge in [-0.1, -0.05) is 192 Å². The fourth-order valence-corrected chi connectivity index (χ4v) is 13.1. The zero-order chi connectivity index (χ0) is 51.1. The molecule has 0 aliphatic heterocycles. The summed E-state index contributed by atoms with van der Waals surface area (Å²) in [7, 11) is 0. The summed E-state index contributed by atoms with van der Waals surface area (Å²) in [6.07, 6.45) is 8.96. The smallest absolute Gasteiger partial charge is 0.0468 e. The lowest BCUT2D eigenvalue weighted by atomic mass is 9.79. The van der Waals surface area contributed by atoms with E-state index >= 15 is 0 Å². The Morgan fingerprint density at radius 2 is 0.697 bits per heavy atom. The molecule has 11 aromatic carbocycles. The number of para-hydroxylation sites is 4. The average Bonchev–Trinajstić information content (AvgIpc) is 3.98. The van der Waals surface area contributed by atoms with Crippen LogP contribution in [0.4, 0.5) is 34.1 Å². The molecule has 0 N–H and O–H groups in total. The predicted octanol–water partition coefficient (Wildman–Crippen LogP) is 20.6. The molecule has 0 unspecified atom stereocenters. The lowest BCUT2D eigenvalue weighted by Crippen LogP contribution is -2.15. The Balaban J connectivity index is 1.07. The highest BCUT2D eigenvalue weighted by molar-refractivity contribution is 6.23. The Morgan fingerprint density at radius 3 is 1.13 bits per heavy atom. The van der Waals surface area contributed by atoms with Gasteiger partial charge in [0.2, 0.25) is 0 Å². The Morgan fingerprint density at radius 1 is 0.316 bits per heavy atom. The third-order valence-corrected chi connectivity index (χ3v) is 16.9. The monoisotopic (exact) mass is 974 g/mol. The maximum atomic E-state index is 2.54. The second kappa shape index (κ2) is 17.9. The molecule has 0 saturated heterocycles. The minimum absolute atomic E-state index is 0.172. The molecular weight excluding hydrogens is 917 g/mol. The molecule has 76 heavy (non-hydrogen) atoms. The zero-order valence-electron chi connectivity index (χ0n) is 43.6. The minimum Gasteiger partial charge on any atom is -0.310 e. The van der Waals surface area contributed by atoms with E-state index in [9.17, 15) is 0 Å². The maximum Gasteiger partial charge on any atom is 0.0468 e. The topological polar surface area (TPSA) is 6.48 Å². The van der Waals surface area contributed by atoms with E-state index in [4.69, 9.17) is 0 Å². The zero-order valence-corrected chi connectivity index (χ0v) is 43.6. The molecule has 0 bridgehead atoms. The standard InChI is InChI=1S/C74H58N2/c1-73(2)67-33-21-20-32-59(67)60-40-35-51(45-69(60)73)71-63-42-37-58(76(55-28-16-8-17-29-55)56-30-18-9-19-31-56)48-66(63)72(64-43-38-57(47-65(64)71)75(53-24-12-6-13-25-53)54-26-14-7-15-27-54)52-36-41-62-61-39-34-50(49-22-10-5-11-23-49)44-68(61)74(3,4)70(62)46-52/h5-10,12-22,24-48H,11,23H2,1-4H3. The van der Waals surface area contributed by atoms with Gasteiger partial charge in [-0.25, -0.2) is 0 Å². The van der Waals surface area contributed by atoms with E-state index < -0.39 is 0 Å². The molecule has 14 rings (SSSR count). The fourth-order valence-electron chi connectivity index (χ4n) is 13.1. The van der Waals surface area contributed by atoms with Crippen molar-refractivity contribution >= 4 is 61.2 Å². The van der Waals surface area contributed by atoms with Crippen molar-refractivity contribution in [1.29, 1.82) is 0 Å². The number of benzene rings is 11. The lowest BCUT2D eigenvalue weighted by Gasteiger charge is -2.28. The van der Waals surface area contributed by atoms with Crippen LogP contribution in [-0.2, 0) is 10.8 Å². The molecule has 2 heteroatoms. The second-order valence-electron chi connectivity index (χ2n) is 22.0. The van der Waals surface area contributed by atoms with Gasteiger partial charge in [0.1, 0.15) is 0 Å². The summed E-state index contributed by atoms with van der Waals surface area (Å²) in [5, 5.41) is 4.85. The average molecular weight is 975 g/mol. The van der Waals surface area contributed by atoms with Gasteiger partial charge in [0.25, 0.3) is 0 Å². The number of anilines is 6. The van der Waals surface area contributed by atoms with E-state index in [0.717, 1.165) is 47.0 Å². The minimum atomic E-state index is -0.219. The summed E-state index contributed by atoms with van der Waals surface area (Å²) in [4.78, 5) is 4.81. The van der Waals surface area contributed by atoms with Crippen molar-refractivity contribution in [3.8, 4) is 44.5 Å². The largest absolute Gasteiger partial charge is 0.310 e. The normalized spacial score (nSPS) is 14.4. The van der Waals surface area contributed by atoms with Crippen LogP contribution in [0.25, 0.3) is 71.6 Å². The van der Waals surface area contributed by atoms with Crippen LogP contribution in [0.15, 0.2) is 255 Å². The SMILES string of the molecule is CC1(C)c2ccccc2-c2ccc(-c3c4ccc(N(c5ccccc5)c5ccccc5)cc4c(-c4ccc5c(c4)C(C)(C)c4cc(C6=CC=CCC6)ccc4-5)c4ccc(N(c5ccccc5)c5ccccc5)cc34)cc21. The number of allylic oxidation sites excluding steroid dienone is 4. The van der Waals surface area contributed by atoms with E-state index in [-0.39, 0.29) is 10.8 Å². The van der Waals surface area contributed by atoms with Crippen molar-refractivity contribution in [3.63, 3.8) is 0 Å². The van der Waals surface area contributed by atoms with Crippen LogP contribution in [0.2, 0.25) is 0 Å². The first-order valence-corrected chi connectivity index (χ1v) is 27.0. The Kier molecular flexibility index (Phi) is 10.7. The van der Waals surface area contributed by atoms with E-state index in [0.29, 0.717) is 0 Å². The molecule has 0 heterocycles. The van der Waals surface area contributed by atoms with Crippen LogP contribution < -0.4 is 9.80 Å². The van der Waals surface area contributed by atoms with Crippen LogP contribution in [0, 0.1) is 0 Å². The number of hydrogen-bond donors (Lipinski definition) is 0.